The second-order valence-electron chi connectivity index (χ2n) is 10.1. The van der Waals surface area contributed by atoms with Gasteiger partial charge in [0.25, 0.3) is 0 Å². The quantitative estimate of drug-likeness (QED) is 0.106. The molecule has 1 heterocycles. The minimum Gasteiger partial charge on any atom is -0.516 e. The smallest absolute Gasteiger partial charge is 0.204 e. The summed E-state index contributed by atoms with van der Waals surface area (Å²) < 4.78 is 5.98. The molecule has 6 nitrogen and oxygen atoms in total. The van der Waals surface area contributed by atoms with Crippen LogP contribution < -0.4 is 10.6 Å². The van der Waals surface area contributed by atoms with E-state index in [1.165, 1.54) is 18.4 Å². The third kappa shape index (κ3) is 10.1. The largest absolute Gasteiger partial charge is 0.516 e. The first kappa shape index (κ1) is 30.3. The van der Waals surface area contributed by atoms with Gasteiger partial charge in [-0.25, -0.2) is 4.99 Å². The SMILES string of the molecule is C=C(/C=C\O)CCc1ccc(/N=C(\NC)N(Cc2ccc(Cl)cc2)C(=C)NCCC(C)C2CCCCO2)cc1. The Labute approximate surface area is 239 Å². The number of aliphatic imine (C=N–C) groups is 1. The highest BCUT2D eigenvalue weighted by Crippen LogP contribution is 2.23. The molecule has 2 aromatic carbocycles. The van der Waals surface area contributed by atoms with Gasteiger partial charge in [0.05, 0.1) is 24.6 Å². The number of rotatable bonds is 13. The summed E-state index contributed by atoms with van der Waals surface area (Å²) in [6, 6.07) is 16.0. The van der Waals surface area contributed by atoms with E-state index in [1.807, 2.05) is 43.4 Å². The normalized spacial score (nSPS) is 16.6. The van der Waals surface area contributed by atoms with Crippen molar-refractivity contribution in [1.29, 1.82) is 0 Å². The van der Waals surface area contributed by atoms with Crippen molar-refractivity contribution >= 4 is 23.2 Å². The lowest BCUT2D eigenvalue weighted by Gasteiger charge is -2.30. The number of aryl methyl sites for hydroxylation is 1. The molecular formula is C32H43ClN4O2. The summed E-state index contributed by atoms with van der Waals surface area (Å²) in [6.45, 7) is 12.9. The highest BCUT2D eigenvalue weighted by atomic mass is 35.5. The molecule has 0 aliphatic carbocycles. The lowest BCUT2D eigenvalue weighted by Crippen LogP contribution is -2.42. The Morgan fingerprint density at radius 3 is 2.51 bits per heavy atom. The van der Waals surface area contributed by atoms with Crippen LogP contribution in [0.4, 0.5) is 5.69 Å². The molecule has 1 aliphatic heterocycles. The van der Waals surface area contributed by atoms with Crippen LogP contribution in [0.2, 0.25) is 5.02 Å². The van der Waals surface area contributed by atoms with Crippen LogP contribution in [0.1, 0.15) is 50.2 Å². The van der Waals surface area contributed by atoms with E-state index in [4.69, 9.17) is 26.4 Å². The molecular weight excluding hydrogens is 508 g/mol. The molecule has 39 heavy (non-hydrogen) atoms. The fourth-order valence-electron chi connectivity index (χ4n) is 4.61. The van der Waals surface area contributed by atoms with Crippen molar-refractivity contribution < 1.29 is 9.84 Å². The molecule has 0 bridgehead atoms. The Morgan fingerprint density at radius 1 is 1.15 bits per heavy atom. The van der Waals surface area contributed by atoms with Crippen LogP contribution in [0.25, 0.3) is 0 Å². The van der Waals surface area contributed by atoms with Gasteiger partial charge in [0.1, 0.15) is 5.82 Å². The summed E-state index contributed by atoms with van der Waals surface area (Å²) in [5.41, 5.74) is 4.02. The van der Waals surface area contributed by atoms with Gasteiger partial charge in [-0.05, 0) is 85.9 Å². The van der Waals surface area contributed by atoms with Gasteiger partial charge < -0.3 is 20.5 Å². The second kappa shape index (κ2) is 16.0. The van der Waals surface area contributed by atoms with Crippen LogP contribution in [0.5, 0.6) is 0 Å². The number of benzene rings is 2. The molecule has 7 heteroatoms. The van der Waals surface area contributed by atoms with Crippen molar-refractivity contribution in [2.75, 3.05) is 20.2 Å². The monoisotopic (exact) mass is 550 g/mol. The fourth-order valence-corrected chi connectivity index (χ4v) is 4.74. The molecule has 0 radical (unpaired) electrons. The molecule has 1 saturated heterocycles. The Balaban J connectivity index is 1.70. The van der Waals surface area contributed by atoms with Gasteiger partial charge >= 0.3 is 0 Å². The third-order valence-corrected chi connectivity index (χ3v) is 7.31. The van der Waals surface area contributed by atoms with Crippen LogP contribution in [0.15, 0.2) is 90.4 Å². The highest BCUT2D eigenvalue weighted by Gasteiger charge is 2.21. The zero-order valence-corrected chi connectivity index (χ0v) is 24.1. The predicted octanol–water partition coefficient (Wildman–Crippen LogP) is 7.27. The molecule has 3 N–H and O–H groups in total. The second-order valence-corrected chi connectivity index (χ2v) is 10.5. The molecule has 3 rings (SSSR count). The Bertz CT molecular complexity index is 1110. The van der Waals surface area contributed by atoms with E-state index in [2.05, 4.69) is 47.7 Å². The standard InChI is InChI=1S/C32H43ClN4O2/c1-24(19-21-38)8-9-27-12-16-30(17-13-27)36-32(34-4)37(23-28-10-14-29(33)15-11-28)26(3)35-20-18-25(2)31-7-5-6-22-39-31/h10-17,19,21,25,31,35,38H,1,3,5-9,18,20,22-23H2,2,4H3,(H,34,36)/b21-19-. The summed E-state index contributed by atoms with van der Waals surface area (Å²) in [4.78, 5) is 6.98. The maximum absolute atomic E-state index is 8.91. The van der Waals surface area contributed by atoms with Gasteiger partial charge in [0.2, 0.25) is 5.96 Å². The zero-order chi connectivity index (χ0) is 28.0. The summed E-state index contributed by atoms with van der Waals surface area (Å²) in [7, 11) is 1.87. The number of ether oxygens (including phenoxy) is 1. The molecule has 210 valence electrons. The maximum Gasteiger partial charge on any atom is 0.204 e. The number of guanidine groups is 1. The molecule has 1 aliphatic rings. The zero-order valence-electron chi connectivity index (χ0n) is 23.3. The van der Waals surface area contributed by atoms with E-state index in [-0.39, 0.29) is 0 Å². The van der Waals surface area contributed by atoms with E-state index in [1.54, 1.807) is 6.08 Å². The lowest BCUT2D eigenvalue weighted by atomic mass is 9.94. The molecule has 0 spiro atoms. The number of hydrogen-bond acceptors (Lipinski definition) is 4. The lowest BCUT2D eigenvalue weighted by molar-refractivity contribution is -0.0180. The number of aliphatic hydroxyl groups excluding tert-OH is 1. The Hall–Kier alpha value is -3.22. The van der Waals surface area contributed by atoms with Crippen LogP contribution in [0, 0.1) is 5.92 Å². The first-order chi connectivity index (χ1) is 18.9. The molecule has 2 atom stereocenters. The molecule has 2 unspecified atom stereocenters. The van der Waals surface area contributed by atoms with Gasteiger partial charge in [-0.2, -0.15) is 0 Å². The summed E-state index contributed by atoms with van der Waals surface area (Å²) in [5, 5.41) is 16.4. The average Bonchev–Trinajstić information content (AvgIpc) is 2.96. The van der Waals surface area contributed by atoms with Gasteiger partial charge in [-0.15, -0.1) is 0 Å². The molecule has 0 aromatic heterocycles. The van der Waals surface area contributed by atoms with Crippen molar-refractivity contribution in [3.05, 3.63) is 102 Å². The van der Waals surface area contributed by atoms with E-state index in [0.717, 1.165) is 67.7 Å². The van der Waals surface area contributed by atoms with Gasteiger partial charge in [0.15, 0.2) is 0 Å². The number of halogens is 1. The van der Waals surface area contributed by atoms with E-state index >= 15 is 0 Å². The van der Waals surface area contributed by atoms with Crippen molar-refractivity contribution in [3.8, 4) is 0 Å². The minimum absolute atomic E-state index is 0.348. The Kier molecular flexibility index (Phi) is 12.5. The van der Waals surface area contributed by atoms with Gasteiger partial charge in [-0.3, -0.25) is 4.90 Å². The maximum atomic E-state index is 8.91. The summed E-state index contributed by atoms with van der Waals surface area (Å²) in [6.07, 6.45) is 9.21. The first-order valence-corrected chi connectivity index (χ1v) is 14.2. The van der Waals surface area contributed by atoms with Crippen molar-refractivity contribution in [1.82, 2.24) is 15.5 Å². The number of aliphatic hydroxyl groups is 1. The number of nitrogens with zero attached hydrogens (tertiary/aromatic N) is 2. The molecule has 1 fully saturated rings. The van der Waals surface area contributed by atoms with Crippen LogP contribution in [0.3, 0.4) is 0 Å². The number of nitrogens with one attached hydrogen (secondary N) is 2. The third-order valence-electron chi connectivity index (χ3n) is 7.05. The van der Waals surface area contributed by atoms with E-state index in [9.17, 15) is 0 Å². The highest BCUT2D eigenvalue weighted by molar-refractivity contribution is 6.30. The average molecular weight is 551 g/mol. The van der Waals surface area contributed by atoms with E-state index < -0.39 is 0 Å². The van der Waals surface area contributed by atoms with Crippen LogP contribution in [-0.2, 0) is 17.7 Å². The van der Waals surface area contributed by atoms with Crippen molar-refractivity contribution in [2.45, 2.75) is 58.1 Å². The van der Waals surface area contributed by atoms with E-state index in [0.29, 0.717) is 29.5 Å². The predicted molar refractivity (Wildman–Crippen MR) is 163 cm³/mol. The topological polar surface area (TPSA) is 69.1 Å². The molecule has 2 aromatic rings. The number of allylic oxidation sites excluding steroid dienone is 2. The first-order valence-electron chi connectivity index (χ1n) is 13.8. The molecule has 0 saturated carbocycles. The summed E-state index contributed by atoms with van der Waals surface area (Å²) >= 11 is 6.13. The molecule has 0 amide bonds. The van der Waals surface area contributed by atoms with Crippen molar-refractivity contribution in [2.24, 2.45) is 10.9 Å². The summed E-state index contributed by atoms with van der Waals surface area (Å²) in [5.74, 6) is 1.96. The fraction of sp³-hybridized carbons (Fsp3) is 0.406. The Morgan fingerprint density at radius 2 is 1.87 bits per heavy atom. The minimum atomic E-state index is 0.348. The van der Waals surface area contributed by atoms with Crippen LogP contribution in [-0.4, -0.2) is 42.3 Å². The van der Waals surface area contributed by atoms with Crippen LogP contribution >= 0.6 is 11.6 Å². The van der Waals surface area contributed by atoms with Crippen molar-refractivity contribution in [3.63, 3.8) is 0 Å². The van der Waals surface area contributed by atoms with Gasteiger partial charge in [-0.1, -0.05) is 61.5 Å². The number of hydrogen-bond donors (Lipinski definition) is 3. The van der Waals surface area contributed by atoms with Gasteiger partial charge in [0, 0.05) is 25.2 Å².